The predicted octanol–water partition coefficient (Wildman–Crippen LogP) is 2.92. The number of primary amides is 1. The molecule has 0 bridgehead atoms. The first kappa shape index (κ1) is 18.9. The average molecular weight is 370 g/mol. The van der Waals surface area contributed by atoms with E-state index in [4.69, 9.17) is 10.5 Å². The van der Waals surface area contributed by atoms with E-state index in [1.54, 1.807) is 17.0 Å². The van der Waals surface area contributed by atoms with Crippen LogP contribution < -0.4 is 10.5 Å². The van der Waals surface area contributed by atoms with Gasteiger partial charge in [-0.15, -0.1) is 0 Å². The van der Waals surface area contributed by atoms with Crippen molar-refractivity contribution in [3.05, 3.63) is 65.5 Å². The number of carbonyl (C=O) groups is 2. The summed E-state index contributed by atoms with van der Waals surface area (Å²) < 4.78 is 19.1. The Hall–Kier alpha value is -2.89. The number of amides is 2. The van der Waals surface area contributed by atoms with Crippen LogP contribution in [-0.2, 0) is 4.79 Å². The molecule has 2 atom stereocenters. The molecule has 0 aromatic heterocycles. The Bertz CT molecular complexity index is 822. The summed E-state index contributed by atoms with van der Waals surface area (Å²) in [5.74, 6) is -0.501. The molecule has 1 aliphatic rings. The van der Waals surface area contributed by atoms with Gasteiger partial charge in [0.15, 0.2) is 0 Å². The summed E-state index contributed by atoms with van der Waals surface area (Å²) in [6, 6.07) is 13.2. The highest BCUT2D eigenvalue weighted by Gasteiger charge is 2.34. The molecule has 0 saturated carbocycles. The van der Waals surface area contributed by atoms with Crippen LogP contribution in [0.2, 0.25) is 0 Å². The van der Waals surface area contributed by atoms with Crippen LogP contribution in [0.1, 0.15) is 28.8 Å². The van der Waals surface area contributed by atoms with Gasteiger partial charge in [0.2, 0.25) is 5.91 Å². The number of halogens is 1. The number of piperidine rings is 1. The molecule has 0 unspecified atom stereocenters. The molecule has 2 amide bonds. The van der Waals surface area contributed by atoms with Gasteiger partial charge in [0.25, 0.3) is 5.91 Å². The third-order valence-corrected chi connectivity index (χ3v) is 4.89. The van der Waals surface area contributed by atoms with Crippen molar-refractivity contribution in [2.24, 2.45) is 11.7 Å². The van der Waals surface area contributed by atoms with Gasteiger partial charge in [-0.25, -0.2) is 4.39 Å². The highest BCUT2D eigenvalue weighted by atomic mass is 19.1. The van der Waals surface area contributed by atoms with Crippen LogP contribution in [0.15, 0.2) is 48.5 Å². The van der Waals surface area contributed by atoms with Crippen LogP contribution in [0, 0.1) is 18.7 Å². The number of benzene rings is 2. The largest absolute Gasteiger partial charge is 0.490 e. The zero-order valence-electron chi connectivity index (χ0n) is 15.2. The van der Waals surface area contributed by atoms with Crippen molar-refractivity contribution < 1.29 is 18.7 Å². The molecule has 1 saturated heterocycles. The van der Waals surface area contributed by atoms with Gasteiger partial charge in [-0.3, -0.25) is 9.59 Å². The Labute approximate surface area is 157 Å². The molecule has 5 nitrogen and oxygen atoms in total. The first-order valence-corrected chi connectivity index (χ1v) is 8.99. The highest BCUT2D eigenvalue weighted by molar-refractivity contribution is 5.95. The van der Waals surface area contributed by atoms with Crippen LogP contribution in [0.25, 0.3) is 0 Å². The molecular formula is C21H23FN2O3. The van der Waals surface area contributed by atoms with Crippen molar-refractivity contribution >= 4 is 11.8 Å². The monoisotopic (exact) mass is 370 g/mol. The van der Waals surface area contributed by atoms with Crippen molar-refractivity contribution in [1.82, 2.24) is 4.90 Å². The Balaban J connectivity index is 1.74. The summed E-state index contributed by atoms with van der Waals surface area (Å²) >= 11 is 0. The fraction of sp³-hybridized carbons (Fsp3) is 0.333. The van der Waals surface area contributed by atoms with E-state index < -0.39 is 5.91 Å². The SMILES string of the molecule is Cc1ccccc1C(=O)N1CC[C@H](Oc2ccc(F)cc2)[C@@H](CC(N)=O)C1. The minimum absolute atomic E-state index is 0.0530. The van der Waals surface area contributed by atoms with Crippen LogP contribution in [0.4, 0.5) is 4.39 Å². The lowest BCUT2D eigenvalue weighted by atomic mass is 9.90. The molecule has 6 heteroatoms. The summed E-state index contributed by atoms with van der Waals surface area (Å²) in [7, 11) is 0. The summed E-state index contributed by atoms with van der Waals surface area (Å²) in [5.41, 5.74) is 6.98. The van der Waals surface area contributed by atoms with Crippen LogP contribution in [-0.4, -0.2) is 35.9 Å². The first-order valence-electron chi connectivity index (χ1n) is 8.99. The van der Waals surface area contributed by atoms with Gasteiger partial charge in [-0.2, -0.15) is 0 Å². The van der Waals surface area contributed by atoms with Crippen molar-refractivity contribution in [3.63, 3.8) is 0 Å². The Kier molecular flexibility index (Phi) is 5.74. The van der Waals surface area contributed by atoms with Gasteiger partial charge >= 0.3 is 0 Å². The second-order valence-electron chi connectivity index (χ2n) is 6.90. The third-order valence-electron chi connectivity index (χ3n) is 4.89. The molecule has 1 fully saturated rings. The van der Waals surface area contributed by atoms with E-state index in [1.807, 2.05) is 31.2 Å². The van der Waals surface area contributed by atoms with Gasteiger partial charge in [0.05, 0.1) is 0 Å². The van der Waals surface area contributed by atoms with Gasteiger partial charge < -0.3 is 15.4 Å². The van der Waals surface area contributed by atoms with E-state index >= 15 is 0 Å². The molecule has 2 aromatic rings. The Morgan fingerprint density at radius 2 is 1.89 bits per heavy atom. The predicted molar refractivity (Wildman–Crippen MR) is 99.8 cm³/mol. The molecule has 0 spiro atoms. The van der Waals surface area contributed by atoms with Crippen molar-refractivity contribution in [3.8, 4) is 5.75 Å². The fourth-order valence-electron chi connectivity index (χ4n) is 3.48. The maximum Gasteiger partial charge on any atom is 0.254 e. The lowest BCUT2D eigenvalue weighted by Gasteiger charge is -2.38. The maximum atomic E-state index is 13.1. The minimum atomic E-state index is -0.433. The minimum Gasteiger partial charge on any atom is -0.490 e. The lowest BCUT2D eigenvalue weighted by Crippen LogP contribution is -2.49. The van der Waals surface area contributed by atoms with Gasteiger partial charge in [0, 0.05) is 37.4 Å². The Morgan fingerprint density at radius 3 is 2.56 bits per heavy atom. The molecule has 3 rings (SSSR count). The summed E-state index contributed by atoms with van der Waals surface area (Å²) in [5, 5.41) is 0. The van der Waals surface area contributed by atoms with Crippen LogP contribution in [0.3, 0.4) is 0 Å². The second kappa shape index (κ2) is 8.20. The van der Waals surface area contributed by atoms with Crippen molar-refractivity contribution in [2.45, 2.75) is 25.9 Å². The van der Waals surface area contributed by atoms with Crippen LogP contribution >= 0.6 is 0 Å². The van der Waals surface area contributed by atoms with E-state index in [0.29, 0.717) is 30.8 Å². The number of rotatable bonds is 5. The number of aryl methyl sites for hydroxylation is 1. The molecule has 1 heterocycles. The number of likely N-dealkylation sites (tertiary alicyclic amines) is 1. The first-order chi connectivity index (χ1) is 12.9. The molecule has 142 valence electrons. The van der Waals surface area contributed by atoms with Crippen molar-refractivity contribution in [1.29, 1.82) is 0 Å². The van der Waals surface area contributed by atoms with Gasteiger partial charge in [0.1, 0.15) is 17.7 Å². The summed E-state index contributed by atoms with van der Waals surface area (Å²) in [4.78, 5) is 26.2. The fourth-order valence-corrected chi connectivity index (χ4v) is 3.48. The normalized spacial score (nSPS) is 19.6. The number of carbonyl (C=O) groups excluding carboxylic acids is 2. The van der Waals surface area contributed by atoms with Crippen molar-refractivity contribution in [2.75, 3.05) is 13.1 Å². The molecule has 0 aliphatic carbocycles. The molecule has 27 heavy (non-hydrogen) atoms. The average Bonchev–Trinajstić information content (AvgIpc) is 2.64. The number of hydrogen-bond acceptors (Lipinski definition) is 3. The lowest BCUT2D eigenvalue weighted by molar-refractivity contribution is -0.120. The van der Waals surface area contributed by atoms with E-state index in [-0.39, 0.29) is 30.2 Å². The molecule has 0 radical (unpaired) electrons. The van der Waals surface area contributed by atoms with Gasteiger partial charge in [-0.05, 0) is 42.8 Å². The maximum absolute atomic E-state index is 13.1. The highest BCUT2D eigenvalue weighted by Crippen LogP contribution is 2.27. The number of nitrogens with zero attached hydrogens (tertiary/aromatic N) is 1. The molecule has 2 N–H and O–H groups in total. The third kappa shape index (κ3) is 4.64. The Morgan fingerprint density at radius 1 is 1.19 bits per heavy atom. The topological polar surface area (TPSA) is 72.6 Å². The molecule has 2 aromatic carbocycles. The number of hydrogen-bond donors (Lipinski definition) is 1. The van der Waals surface area contributed by atoms with E-state index in [0.717, 1.165) is 5.56 Å². The quantitative estimate of drug-likeness (QED) is 0.880. The van der Waals surface area contributed by atoms with E-state index in [1.165, 1.54) is 12.1 Å². The number of nitrogens with two attached hydrogens (primary N) is 1. The number of ether oxygens (including phenoxy) is 1. The summed E-state index contributed by atoms with van der Waals surface area (Å²) in [6.45, 7) is 2.81. The van der Waals surface area contributed by atoms with Crippen LogP contribution in [0.5, 0.6) is 5.75 Å². The zero-order valence-corrected chi connectivity index (χ0v) is 15.2. The standard InChI is InChI=1S/C21H23FN2O3/c1-14-4-2-3-5-18(14)21(26)24-11-10-19(15(13-24)12-20(23)25)27-17-8-6-16(22)7-9-17/h2-9,15,19H,10-13H2,1H3,(H2,23,25)/t15-,19-/m0/s1. The smallest absolute Gasteiger partial charge is 0.254 e. The zero-order chi connectivity index (χ0) is 19.4. The van der Waals surface area contributed by atoms with Gasteiger partial charge in [-0.1, -0.05) is 18.2 Å². The molecular weight excluding hydrogens is 347 g/mol. The molecule has 1 aliphatic heterocycles. The van der Waals surface area contributed by atoms with E-state index in [2.05, 4.69) is 0 Å². The van der Waals surface area contributed by atoms with E-state index in [9.17, 15) is 14.0 Å². The second-order valence-corrected chi connectivity index (χ2v) is 6.90. The summed E-state index contributed by atoms with van der Waals surface area (Å²) in [6.07, 6.45) is 0.444.